The Hall–Kier alpha value is -3.26. The summed E-state index contributed by atoms with van der Waals surface area (Å²) in [6.07, 6.45) is 5.77. The van der Waals surface area contributed by atoms with E-state index in [9.17, 15) is 0 Å². The first-order valence-electron chi connectivity index (χ1n) is 12.7. The Bertz CT molecular complexity index is 1270. The Morgan fingerprint density at radius 1 is 0.806 bits per heavy atom. The van der Waals surface area contributed by atoms with Crippen molar-refractivity contribution in [2.24, 2.45) is 10.3 Å². The first-order chi connectivity index (χ1) is 16.7. The molecule has 0 unspecified atom stereocenters. The van der Waals surface area contributed by atoms with Crippen LogP contribution in [0.4, 0.5) is 5.69 Å². The summed E-state index contributed by atoms with van der Waals surface area (Å²) >= 11 is 0. The molecule has 0 aliphatic rings. The fourth-order valence-corrected chi connectivity index (χ4v) is 3.88. The molecular weight excluding hydrogens is 454 g/mol. The molecule has 0 aromatic heterocycles. The predicted octanol–water partition coefficient (Wildman–Crippen LogP) is 8.10. The van der Waals surface area contributed by atoms with Gasteiger partial charge in [0.1, 0.15) is 8.07 Å². The highest BCUT2D eigenvalue weighted by Gasteiger charge is 2.33. The monoisotopic (exact) mass is 495 g/mol. The molecule has 0 radical (unpaired) electrons. The average Bonchev–Trinajstić information content (AvgIpc) is 2.81. The maximum Gasteiger partial charge on any atom is 0.138 e. The zero-order valence-corrected chi connectivity index (χ0v) is 24.8. The maximum atomic E-state index is 5.77. The molecule has 36 heavy (non-hydrogen) atoms. The Labute approximate surface area is 220 Å². The first kappa shape index (κ1) is 29.0. The van der Waals surface area contributed by atoms with Crippen LogP contribution in [0.3, 0.4) is 0 Å². The molecule has 0 saturated heterocycles. The molecule has 0 N–H and O–H groups in total. The third-order valence-corrected chi connectivity index (χ3v) is 11.3. The van der Waals surface area contributed by atoms with Crippen LogP contribution in [0.1, 0.15) is 83.2 Å². The van der Waals surface area contributed by atoms with Gasteiger partial charge in [0.05, 0.1) is 5.69 Å². The number of rotatable bonds is 4. The summed E-state index contributed by atoms with van der Waals surface area (Å²) in [7, 11) is -1.77. The Balaban J connectivity index is 2.60. The van der Waals surface area contributed by atoms with E-state index in [0.29, 0.717) is 0 Å². The lowest BCUT2D eigenvalue weighted by Gasteiger charge is -2.31. The summed E-state index contributed by atoms with van der Waals surface area (Å²) in [6, 6.07) is 12.1. The molecule has 0 spiro atoms. The molecule has 3 nitrogen and oxygen atoms in total. The summed E-state index contributed by atoms with van der Waals surface area (Å²) in [4.78, 5) is 0. The summed E-state index contributed by atoms with van der Waals surface area (Å²) in [5.41, 5.74) is 9.04. The van der Waals surface area contributed by atoms with E-state index in [2.05, 4.69) is 126 Å². The number of terminal acetylenes is 1. The quantitative estimate of drug-likeness (QED) is 0.182. The maximum absolute atomic E-state index is 5.77. The number of hydrogen-bond donors (Lipinski definition) is 0. The van der Waals surface area contributed by atoms with Crippen molar-refractivity contribution in [3.05, 3.63) is 64.2 Å². The normalized spacial score (nSPS) is 11.8. The minimum Gasteiger partial charge on any atom is -0.279 e. The van der Waals surface area contributed by atoms with E-state index in [1.807, 2.05) is 23.2 Å². The second-order valence-corrected chi connectivity index (χ2v) is 16.6. The summed E-state index contributed by atoms with van der Waals surface area (Å²) in [5, 5.41) is 10.8. The van der Waals surface area contributed by atoms with Crippen molar-refractivity contribution in [2.45, 2.75) is 78.9 Å². The van der Waals surface area contributed by atoms with E-state index >= 15 is 0 Å². The molecule has 0 aliphatic carbocycles. The molecule has 0 aliphatic heterocycles. The van der Waals surface area contributed by atoms with Gasteiger partial charge in [-0.05, 0) is 60.2 Å². The molecule has 2 aromatic rings. The van der Waals surface area contributed by atoms with Crippen molar-refractivity contribution in [3.8, 4) is 35.6 Å². The Morgan fingerprint density at radius 3 is 1.94 bits per heavy atom. The van der Waals surface area contributed by atoms with Gasteiger partial charge < -0.3 is 0 Å². The van der Waals surface area contributed by atoms with E-state index in [0.717, 1.165) is 41.0 Å². The second kappa shape index (κ2) is 11.6. The van der Waals surface area contributed by atoms with E-state index in [4.69, 9.17) is 6.42 Å². The topological polar surface area (TPSA) is 28.0 Å². The van der Waals surface area contributed by atoms with Crippen molar-refractivity contribution in [1.29, 1.82) is 0 Å². The predicted molar refractivity (Wildman–Crippen MR) is 157 cm³/mol. The molecule has 4 heteroatoms. The van der Waals surface area contributed by atoms with Crippen LogP contribution in [0.25, 0.3) is 0 Å². The first-order valence-corrected chi connectivity index (χ1v) is 15.7. The van der Waals surface area contributed by atoms with Crippen LogP contribution < -0.4 is 0 Å². The molecule has 0 amide bonds. The molecular formula is C32H41N3Si. The summed E-state index contributed by atoms with van der Waals surface area (Å²) < 4.78 is 0. The van der Waals surface area contributed by atoms with Crippen LogP contribution in [-0.2, 0) is 5.41 Å². The highest BCUT2D eigenvalue weighted by molar-refractivity contribution is 6.87. The van der Waals surface area contributed by atoms with Gasteiger partial charge >= 0.3 is 0 Å². The van der Waals surface area contributed by atoms with Crippen molar-refractivity contribution in [3.63, 3.8) is 0 Å². The van der Waals surface area contributed by atoms with Crippen molar-refractivity contribution in [1.82, 2.24) is 5.01 Å². The van der Waals surface area contributed by atoms with Gasteiger partial charge in [0, 0.05) is 35.3 Å². The van der Waals surface area contributed by atoms with Crippen LogP contribution in [0.15, 0.2) is 46.7 Å². The highest BCUT2D eigenvalue weighted by atomic mass is 28.3. The van der Waals surface area contributed by atoms with Crippen LogP contribution in [-0.4, -0.2) is 26.2 Å². The minimum absolute atomic E-state index is 0.0280. The van der Waals surface area contributed by atoms with E-state index < -0.39 is 8.07 Å². The van der Waals surface area contributed by atoms with Gasteiger partial charge in [-0.3, -0.25) is 5.01 Å². The van der Waals surface area contributed by atoms with Gasteiger partial charge in [-0.25, -0.2) is 0 Å². The van der Waals surface area contributed by atoms with Gasteiger partial charge in [0.15, 0.2) is 0 Å². The van der Waals surface area contributed by atoms with Gasteiger partial charge in [-0.2, -0.15) is 0 Å². The van der Waals surface area contributed by atoms with Crippen LogP contribution >= 0.6 is 0 Å². The molecule has 0 fully saturated rings. The van der Waals surface area contributed by atoms with Crippen LogP contribution in [0, 0.1) is 35.6 Å². The lowest BCUT2D eigenvalue weighted by Crippen LogP contribution is -2.35. The van der Waals surface area contributed by atoms with Crippen molar-refractivity contribution >= 4 is 13.8 Å². The van der Waals surface area contributed by atoms with Crippen molar-refractivity contribution < 1.29 is 0 Å². The fraction of sp³-hybridized carbons (Fsp3) is 0.438. The van der Waals surface area contributed by atoms with Gasteiger partial charge in [0.25, 0.3) is 0 Å². The van der Waals surface area contributed by atoms with E-state index in [1.165, 1.54) is 5.56 Å². The molecule has 188 valence electrons. The SMILES string of the molecule is C#Cc1ccc(N=NN(CC)CC)cc1C#Cc1ccc(C(C)(C)C)cc1C#C[Si](C)(C)C(C)(C)C. The zero-order valence-electron chi connectivity index (χ0n) is 23.8. The largest absolute Gasteiger partial charge is 0.279 e. The summed E-state index contributed by atoms with van der Waals surface area (Å²) in [6.45, 7) is 23.9. The lowest BCUT2D eigenvalue weighted by molar-refractivity contribution is 0.301. The van der Waals surface area contributed by atoms with Gasteiger partial charge in [-0.15, -0.1) is 17.1 Å². The molecule has 0 bridgehead atoms. The van der Waals surface area contributed by atoms with Gasteiger partial charge in [0.2, 0.25) is 0 Å². The van der Waals surface area contributed by atoms with E-state index in [-0.39, 0.29) is 10.5 Å². The zero-order chi connectivity index (χ0) is 27.1. The van der Waals surface area contributed by atoms with Gasteiger partial charge in [-0.1, -0.05) is 89.6 Å². The average molecular weight is 496 g/mol. The Morgan fingerprint density at radius 2 is 1.39 bits per heavy atom. The summed E-state index contributed by atoms with van der Waals surface area (Å²) in [5.74, 6) is 12.9. The Kier molecular flexibility index (Phi) is 9.37. The standard InChI is InChI=1S/C32H41N3Si/c1-12-25-18-20-30(33-34-35(13-2)14-3)24-27(25)16-15-26-17-19-29(31(4,5)6)23-28(26)21-22-36(10,11)32(7,8)9/h1,17-20,23-24H,13-14H2,2-11H3. The fourth-order valence-electron chi connectivity index (χ4n) is 3.06. The molecule has 2 aromatic carbocycles. The number of hydrogen-bond acceptors (Lipinski definition) is 2. The number of nitrogens with zero attached hydrogens (tertiary/aromatic N) is 3. The van der Waals surface area contributed by atoms with E-state index in [1.54, 1.807) is 0 Å². The smallest absolute Gasteiger partial charge is 0.138 e. The third kappa shape index (κ3) is 7.62. The van der Waals surface area contributed by atoms with Crippen molar-refractivity contribution in [2.75, 3.05) is 13.1 Å². The third-order valence-electron chi connectivity index (χ3n) is 6.78. The van der Waals surface area contributed by atoms with Crippen LogP contribution in [0.5, 0.6) is 0 Å². The second-order valence-electron chi connectivity index (χ2n) is 11.6. The number of benzene rings is 2. The molecule has 2 rings (SSSR count). The highest BCUT2D eigenvalue weighted by Crippen LogP contribution is 2.35. The van der Waals surface area contributed by atoms with Crippen LogP contribution in [0.2, 0.25) is 18.1 Å². The molecule has 0 heterocycles. The lowest BCUT2D eigenvalue weighted by atomic mass is 9.85. The minimum atomic E-state index is -1.77. The molecule has 0 atom stereocenters. The molecule has 0 saturated carbocycles.